The zero-order chi connectivity index (χ0) is 12.0. The van der Waals surface area contributed by atoms with Crippen molar-refractivity contribution >= 4 is 23.5 Å². The summed E-state index contributed by atoms with van der Waals surface area (Å²) in [6.45, 7) is 0. The fourth-order valence-electron chi connectivity index (χ4n) is 1.76. The van der Waals surface area contributed by atoms with Crippen molar-refractivity contribution < 1.29 is 0 Å². The predicted octanol–water partition coefficient (Wildman–Crippen LogP) is 4.06. The molecule has 0 amide bonds. The van der Waals surface area contributed by atoms with Gasteiger partial charge >= 0.3 is 0 Å². The molecule has 2 rings (SSSR count). The average molecular weight is 239 g/mol. The molecule has 17 heavy (non-hydrogen) atoms. The van der Waals surface area contributed by atoms with E-state index in [-0.39, 0.29) is 5.54 Å². The Balaban J connectivity index is 2.25. The Morgan fingerprint density at radius 3 is 2.71 bits per heavy atom. The number of isothiocyanates is 1. The summed E-state index contributed by atoms with van der Waals surface area (Å²) in [6.07, 6.45) is 13.1. The average Bonchev–Trinajstić information content (AvgIpc) is 2.39. The van der Waals surface area contributed by atoms with Gasteiger partial charge in [0.1, 0.15) is 5.54 Å². The molecule has 1 aromatic rings. The first-order valence-electron chi connectivity index (χ1n) is 5.52. The van der Waals surface area contributed by atoms with Crippen LogP contribution < -0.4 is 0 Å². The molecule has 1 atom stereocenters. The van der Waals surface area contributed by atoms with Crippen LogP contribution in [0.25, 0.3) is 6.08 Å². The molecule has 0 spiro atoms. The van der Waals surface area contributed by atoms with Crippen LogP contribution in [0.1, 0.15) is 12.0 Å². The first-order valence-corrected chi connectivity index (χ1v) is 5.93. The molecule has 0 saturated carbocycles. The summed E-state index contributed by atoms with van der Waals surface area (Å²) in [4.78, 5) is 4.27. The van der Waals surface area contributed by atoms with Gasteiger partial charge in [-0.3, -0.25) is 0 Å². The number of thiocarbonyl (C=S) groups is 1. The van der Waals surface area contributed by atoms with E-state index in [9.17, 15) is 0 Å². The maximum atomic E-state index is 4.73. The normalized spacial score (nSPS) is 22.6. The molecule has 1 aliphatic carbocycles. The van der Waals surface area contributed by atoms with Crippen molar-refractivity contribution in [3.05, 3.63) is 66.3 Å². The Morgan fingerprint density at radius 2 is 2.06 bits per heavy atom. The van der Waals surface area contributed by atoms with Gasteiger partial charge in [-0.05, 0) is 24.2 Å². The molecule has 1 unspecified atom stereocenters. The van der Waals surface area contributed by atoms with Crippen LogP contribution in [-0.2, 0) is 0 Å². The highest BCUT2D eigenvalue weighted by molar-refractivity contribution is 7.78. The Labute approximate surface area is 107 Å². The van der Waals surface area contributed by atoms with Crippen LogP contribution in [0.2, 0.25) is 0 Å². The van der Waals surface area contributed by atoms with Gasteiger partial charge in [0, 0.05) is 0 Å². The summed E-state index contributed by atoms with van der Waals surface area (Å²) in [6, 6.07) is 10.2. The van der Waals surface area contributed by atoms with E-state index < -0.39 is 0 Å². The van der Waals surface area contributed by atoms with Crippen LogP contribution in [0.4, 0.5) is 0 Å². The second kappa shape index (κ2) is 5.53. The molecule has 0 fully saturated rings. The third-order valence-electron chi connectivity index (χ3n) is 2.69. The standard InChI is InChI=1S/C15H13NS/c17-13-16-15(10-5-2-6-11-15)12-9-14-7-3-1-4-8-14/h1-10,12H,11H2. The van der Waals surface area contributed by atoms with Crippen LogP contribution in [0.5, 0.6) is 0 Å². The lowest BCUT2D eigenvalue weighted by atomic mass is 9.91. The second-order valence-electron chi connectivity index (χ2n) is 3.93. The number of allylic oxidation sites excluding steroid dienone is 2. The van der Waals surface area contributed by atoms with E-state index >= 15 is 0 Å². The minimum Gasteiger partial charge on any atom is -0.217 e. The predicted molar refractivity (Wildman–Crippen MR) is 76.1 cm³/mol. The lowest BCUT2D eigenvalue weighted by Crippen LogP contribution is -2.20. The van der Waals surface area contributed by atoms with Crippen LogP contribution in [0, 0.1) is 0 Å². The molecule has 2 heteroatoms. The van der Waals surface area contributed by atoms with E-state index in [1.54, 1.807) is 0 Å². The summed E-state index contributed by atoms with van der Waals surface area (Å²) in [5, 5.41) is 2.49. The monoisotopic (exact) mass is 239 g/mol. The van der Waals surface area contributed by atoms with E-state index in [2.05, 4.69) is 40.5 Å². The molecule has 0 aromatic heterocycles. The molecule has 0 bridgehead atoms. The molecule has 1 nitrogen and oxygen atoms in total. The zero-order valence-corrected chi connectivity index (χ0v) is 10.2. The van der Waals surface area contributed by atoms with Crippen molar-refractivity contribution in [1.29, 1.82) is 0 Å². The topological polar surface area (TPSA) is 12.4 Å². The maximum absolute atomic E-state index is 4.73. The van der Waals surface area contributed by atoms with Gasteiger partial charge in [-0.1, -0.05) is 66.8 Å². The Hall–Kier alpha value is -1.76. The van der Waals surface area contributed by atoms with Crippen LogP contribution >= 0.6 is 12.2 Å². The van der Waals surface area contributed by atoms with Gasteiger partial charge in [0.05, 0.1) is 5.16 Å². The first-order chi connectivity index (χ1) is 8.35. The van der Waals surface area contributed by atoms with Crippen molar-refractivity contribution in [2.75, 3.05) is 0 Å². The summed E-state index contributed by atoms with van der Waals surface area (Å²) in [5.41, 5.74) is 0.807. The van der Waals surface area contributed by atoms with E-state index in [0.29, 0.717) is 0 Å². The Bertz CT molecular complexity index is 507. The zero-order valence-electron chi connectivity index (χ0n) is 9.41. The van der Waals surface area contributed by atoms with Gasteiger partial charge in [0.15, 0.2) is 0 Å². The molecule has 84 valence electrons. The van der Waals surface area contributed by atoms with Crippen molar-refractivity contribution in [3.63, 3.8) is 0 Å². The quantitative estimate of drug-likeness (QED) is 0.572. The van der Waals surface area contributed by atoms with Gasteiger partial charge in [-0.25, -0.2) is 4.99 Å². The number of hydrogen-bond acceptors (Lipinski definition) is 2. The van der Waals surface area contributed by atoms with E-state index in [4.69, 9.17) is 12.2 Å². The lowest BCUT2D eigenvalue weighted by molar-refractivity contribution is 0.671. The molecule has 1 aliphatic rings. The van der Waals surface area contributed by atoms with Gasteiger partial charge in [-0.2, -0.15) is 0 Å². The van der Waals surface area contributed by atoms with E-state index in [1.165, 1.54) is 0 Å². The van der Waals surface area contributed by atoms with Crippen LogP contribution in [0.3, 0.4) is 0 Å². The SMILES string of the molecule is S=C=NC1(C=Cc2ccccc2)C=CC=CC1. The van der Waals surface area contributed by atoms with Gasteiger partial charge in [0.25, 0.3) is 0 Å². The minimum absolute atomic E-state index is 0.355. The lowest BCUT2D eigenvalue weighted by Gasteiger charge is -2.21. The molecule has 0 N–H and O–H groups in total. The van der Waals surface area contributed by atoms with Crippen molar-refractivity contribution in [2.45, 2.75) is 12.0 Å². The van der Waals surface area contributed by atoms with Gasteiger partial charge in [0.2, 0.25) is 0 Å². The number of hydrogen-bond donors (Lipinski definition) is 0. The molecule has 0 saturated heterocycles. The maximum Gasteiger partial charge on any atom is 0.111 e. The summed E-state index contributed by atoms with van der Waals surface area (Å²) < 4.78 is 0. The molecule has 0 radical (unpaired) electrons. The van der Waals surface area contributed by atoms with Gasteiger partial charge < -0.3 is 0 Å². The molecule has 0 heterocycles. The Kier molecular flexibility index (Phi) is 3.81. The minimum atomic E-state index is -0.355. The van der Waals surface area contributed by atoms with E-state index in [1.807, 2.05) is 36.4 Å². The van der Waals surface area contributed by atoms with Crippen molar-refractivity contribution in [1.82, 2.24) is 0 Å². The first kappa shape index (κ1) is 11.7. The summed E-state index contributed by atoms with van der Waals surface area (Å²) >= 11 is 4.73. The molecular weight excluding hydrogens is 226 g/mol. The van der Waals surface area contributed by atoms with E-state index in [0.717, 1.165) is 12.0 Å². The molecular formula is C15H13NS. The fourth-order valence-corrected chi connectivity index (χ4v) is 1.93. The summed E-state index contributed by atoms with van der Waals surface area (Å²) in [5.74, 6) is 0. The Morgan fingerprint density at radius 1 is 1.24 bits per heavy atom. The van der Waals surface area contributed by atoms with Gasteiger partial charge in [-0.15, -0.1) is 0 Å². The van der Waals surface area contributed by atoms with Crippen molar-refractivity contribution in [3.8, 4) is 0 Å². The highest BCUT2D eigenvalue weighted by Crippen LogP contribution is 2.24. The van der Waals surface area contributed by atoms with Crippen molar-refractivity contribution in [2.24, 2.45) is 4.99 Å². The number of benzene rings is 1. The fraction of sp³-hybridized carbons (Fsp3) is 0.133. The molecule has 0 aliphatic heterocycles. The molecule has 1 aromatic carbocycles. The third-order valence-corrected chi connectivity index (χ3v) is 2.79. The third kappa shape index (κ3) is 3.10. The highest BCUT2D eigenvalue weighted by Gasteiger charge is 2.22. The summed E-state index contributed by atoms with van der Waals surface area (Å²) in [7, 11) is 0. The van der Waals surface area contributed by atoms with Crippen LogP contribution in [0.15, 0.2) is 65.7 Å². The largest absolute Gasteiger partial charge is 0.217 e. The smallest absolute Gasteiger partial charge is 0.111 e. The highest BCUT2D eigenvalue weighted by atomic mass is 32.1. The number of aliphatic imine (C=N–C) groups is 1. The van der Waals surface area contributed by atoms with Crippen LogP contribution in [-0.4, -0.2) is 10.7 Å². The second-order valence-corrected chi connectivity index (χ2v) is 4.11. The number of nitrogens with zero attached hydrogens (tertiary/aromatic N) is 1. The number of rotatable bonds is 3.